The molecule has 1 heterocycles. The van der Waals surface area contributed by atoms with Gasteiger partial charge in [-0.05, 0) is 36.6 Å². The average molecular weight is 296 g/mol. The molecule has 21 heavy (non-hydrogen) atoms. The van der Waals surface area contributed by atoms with Crippen molar-refractivity contribution in [3.63, 3.8) is 0 Å². The number of benzene rings is 2. The van der Waals surface area contributed by atoms with Crippen LogP contribution in [0.3, 0.4) is 0 Å². The fraction of sp³-hybridized carbons (Fsp3) is 0.118. The smallest absolute Gasteiger partial charge is 0.208 e. The van der Waals surface area contributed by atoms with Gasteiger partial charge in [0.1, 0.15) is 0 Å². The van der Waals surface area contributed by atoms with E-state index in [4.69, 9.17) is 11.6 Å². The molecule has 0 atom stereocenters. The summed E-state index contributed by atoms with van der Waals surface area (Å²) in [5.74, 6) is 1.21. The van der Waals surface area contributed by atoms with E-state index in [1.54, 1.807) is 0 Å². The van der Waals surface area contributed by atoms with Crippen LogP contribution in [-0.4, -0.2) is 15.0 Å². The van der Waals surface area contributed by atoms with Crippen LogP contribution in [0.5, 0.6) is 0 Å². The van der Waals surface area contributed by atoms with Crippen molar-refractivity contribution in [3.05, 3.63) is 64.9 Å². The van der Waals surface area contributed by atoms with E-state index in [9.17, 15) is 0 Å². The van der Waals surface area contributed by atoms with E-state index < -0.39 is 0 Å². The summed E-state index contributed by atoms with van der Waals surface area (Å²) in [6.07, 6.45) is 0. The number of aryl methyl sites for hydroxylation is 2. The van der Waals surface area contributed by atoms with Crippen molar-refractivity contribution >= 4 is 11.6 Å². The molecule has 0 radical (unpaired) electrons. The molecular formula is C17H14ClN3. The summed E-state index contributed by atoms with van der Waals surface area (Å²) in [6.45, 7) is 4.06. The van der Waals surface area contributed by atoms with Crippen LogP contribution in [0.1, 0.15) is 11.1 Å². The topological polar surface area (TPSA) is 38.7 Å². The van der Waals surface area contributed by atoms with Gasteiger partial charge in [0.2, 0.25) is 5.28 Å². The van der Waals surface area contributed by atoms with Gasteiger partial charge in [0.15, 0.2) is 11.6 Å². The monoisotopic (exact) mass is 295 g/mol. The maximum Gasteiger partial charge on any atom is 0.226 e. The molecule has 0 aliphatic rings. The van der Waals surface area contributed by atoms with Crippen molar-refractivity contribution < 1.29 is 0 Å². The number of aromatic nitrogens is 3. The Kier molecular flexibility index (Phi) is 3.67. The van der Waals surface area contributed by atoms with Gasteiger partial charge < -0.3 is 0 Å². The third-order valence-corrected chi connectivity index (χ3v) is 3.55. The fourth-order valence-corrected chi connectivity index (χ4v) is 2.40. The predicted octanol–water partition coefficient (Wildman–Crippen LogP) is 4.48. The lowest BCUT2D eigenvalue weighted by molar-refractivity contribution is 1.06. The molecule has 0 unspecified atom stereocenters. The van der Waals surface area contributed by atoms with Gasteiger partial charge in [-0.2, -0.15) is 9.97 Å². The summed E-state index contributed by atoms with van der Waals surface area (Å²) in [4.78, 5) is 13.1. The van der Waals surface area contributed by atoms with E-state index in [0.717, 1.165) is 22.3 Å². The molecule has 3 aromatic rings. The standard InChI is InChI=1S/C17H14ClN3/c1-11-7-3-5-9-13(11)15-19-16(21-17(18)20-15)14-10-6-4-8-12(14)2/h3-10H,1-2H3. The Balaban J connectivity index is 2.18. The molecule has 0 fully saturated rings. The van der Waals surface area contributed by atoms with Crippen LogP contribution in [0.15, 0.2) is 48.5 Å². The first-order chi connectivity index (χ1) is 10.1. The Morgan fingerprint density at radius 1 is 0.667 bits per heavy atom. The van der Waals surface area contributed by atoms with Gasteiger partial charge in [-0.25, -0.2) is 4.98 Å². The quantitative estimate of drug-likeness (QED) is 0.700. The largest absolute Gasteiger partial charge is 0.226 e. The Morgan fingerprint density at radius 2 is 1.10 bits per heavy atom. The maximum atomic E-state index is 6.09. The van der Waals surface area contributed by atoms with E-state index in [-0.39, 0.29) is 5.28 Å². The molecule has 0 N–H and O–H groups in total. The van der Waals surface area contributed by atoms with E-state index in [1.807, 2.05) is 62.4 Å². The number of hydrogen-bond donors (Lipinski definition) is 0. The van der Waals surface area contributed by atoms with Crippen molar-refractivity contribution in [1.29, 1.82) is 0 Å². The molecule has 3 nitrogen and oxygen atoms in total. The van der Waals surface area contributed by atoms with E-state index in [1.165, 1.54) is 0 Å². The highest BCUT2D eigenvalue weighted by atomic mass is 35.5. The van der Waals surface area contributed by atoms with Gasteiger partial charge in [0, 0.05) is 11.1 Å². The average Bonchev–Trinajstić information content (AvgIpc) is 2.47. The van der Waals surface area contributed by atoms with Crippen LogP contribution in [0.25, 0.3) is 22.8 Å². The van der Waals surface area contributed by atoms with Crippen molar-refractivity contribution in [2.24, 2.45) is 0 Å². The summed E-state index contributed by atoms with van der Waals surface area (Å²) in [5, 5.41) is 0.210. The van der Waals surface area contributed by atoms with Crippen molar-refractivity contribution in [1.82, 2.24) is 15.0 Å². The third-order valence-electron chi connectivity index (χ3n) is 3.38. The molecule has 0 spiro atoms. The maximum absolute atomic E-state index is 6.09. The number of hydrogen-bond acceptors (Lipinski definition) is 3. The second-order valence-corrected chi connectivity index (χ2v) is 5.22. The minimum Gasteiger partial charge on any atom is -0.208 e. The van der Waals surface area contributed by atoms with Crippen LogP contribution in [0.4, 0.5) is 0 Å². The zero-order valence-electron chi connectivity index (χ0n) is 11.8. The van der Waals surface area contributed by atoms with E-state index in [0.29, 0.717) is 11.6 Å². The van der Waals surface area contributed by atoms with Crippen molar-refractivity contribution in [2.75, 3.05) is 0 Å². The molecular weight excluding hydrogens is 282 g/mol. The van der Waals surface area contributed by atoms with Crippen LogP contribution >= 0.6 is 11.6 Å². The highest BCUT2D eigenvalue weighted by molar-refractivity contribution is 6.28. The van der Waals surface area contributed by atoms with Gasteiger partial charge in [-0.15, -0.1) is 0 Å². The number of rotatable bonds is 2. The molecule has 0 saturated carbocycles. The Morgan fingerprint density at radius 3 is 1.52 bits per heavy atom. The third kappa shape index (κ3) is 2.78. The first kappa shape index (κ1) is 13.7. The van der Waals surface area contributed by atoms with Gasteiger partial charge in [0.25, 0.3) is 0 Å². The second-order valence-electron chi connectivity index (χ2n) is 4.88. The van der Waals surface area contributed by atoms with E-state index in [2.05, 4.69) is 15.0 Å². The van der Waals surface area contributed by atoms with Crippen LogP contribution in [0.2, 0.25) is 5.28 Å². The summed E-state index contributed by atoms with van der Waals surface area (Å²) >= 11 is 6.09. The van der Waals surface area contributed by atoms with Gasteiger partial charge in [0.05, 0.1) is 0 Å². The lowest BCUT2D eigenvalue weighted by Gasteiger charge is -2.08. The molecule has 3 rings (SSSR count). The second kappa shape index (κ2) is 5.62. The van der Waals surface area contributed by atoms with Gasteiger partial charge in [-0.3, -0.25) is 0 Å². The minimum absolute atomic E-state index is 0.210. The van der Waals surface area contributed by atoms with Gasteiger partial charge in [-0.1, -0.05) is 48.5 Å². The summed E-state index contributed by atoms with van der Waals surface area (Å²) < 4.78 is 0. The van der Waals surface area contributed by atoms with Crippen molar-refractivity contribution in [3.8, 4) is 22.8 Å². The lowest BCUT2D eigenvalue weighted by Crippen LogP contribution is -1.99. The molecule has 0 bridgehead atoms. The molecule has 1 aromatic heterocycles. The normalized spacial score (nSPS) is 10.6. The molecule has 104 valence electrons. The lowest BCUT2D eigenvalue weighted by atomic mass is 10.1. The highest BCUT2D eigenvalue weighted by Gasteiger charge is 2.11. The zero-order valence-corrected chi connectivity index (χ0v) is 12.6. The summed E-state index contributed by atoms with van der Waals surface area (Å²) in [5.41, 5.74) is 4.15. The SMILES string of the molecule is Cc1ccccc1-c1nc(Cl)nc(-c2ccccc2C)n1. The molecule has 0 aliphatic heterocycles. The number of halogens is 1. The summed E-state index contributed by atoms with van der Waals surface area (Å²) in [6, 6.07) is 15.9. The molecule has 0 amide bonds. The molecule has 2 aromatic carbocycles. The molecule has 0 saturated heterocycles. The summed E-state index contributed by atoms with van der Waals surface area (Å²) in [7, 11) is 0. The highest BCUT2D eigenvalue weighted by Crippen LogP contribution is 2.25. The Labute approximate surface area is 128 Å². The molecule has 4 heteroatoms. The first-order valence-electron chi connectivity index (χ1n) is 6.69. The Bertz CT molecular complexity index is 736. The Hall–Kier alpha value is -2.26. The fourth-order valence-electron chi connectivity index (χ4n) is 2.24. The van der Waals surface area contributed by atoms with Crippen LogP contribution in [-0.2, 0) is 0 Å². The predicted molar refractivity (Wildman–Crippen MR) is 85.2 cm³/mol. The zero-order chi connectivity index (χ0) is 14.8. The number of nitrogens with zero attached hydrogens (tertiary/aromatic N) is 3. The van der Waals surface area contributed by atoms with E-state index >= 15 is 0 Å². The molecule has 0 aliphatic carbocycles. The van der Waals surface area contributed by atoms with Crippen LogP contribution < -0.4 is 0 Å². The minimum atomic E-state index is 0.210. The van der Waals surface area contributed by atoms with Crippen molar-refractivity contribution in [2.45, 2.75) is 13.8 Å². The van der Waals surface area contributed by atoms with Gasteiger partial charge >= 0.3 is 0 Å². The first-order valence-corrected chi connectivity index (χ1v) is 7.06. The van der Waals surface area contributed by atoms with Crippen LogP contribution in [0, 0.1) is 13.8 Å².